The van der Waals surface area contributed by atoms with Gasteiger partial charge in [-0.25, -0.2) is 13.6 Å². The molecule has 0 radical (unpaired) electrons. The Morgan fingerprint density at radius 2 is 1.78 bits per heavy atom. The van der Waals surface area contributed by atoms with Crippen LogP contribution in [0.15, 0.2) is 42.5 Å². The van der Waals surface area contributed by atoms with E-state index in [1.807, 2.05) is 24.3 Å². The summed E-state index contributed by atoms with van der Waals surface area (Å²) in [5, 5.41) is 2.84. The summed E-state index contributed by atoms with van der Waals surface area (Å²) in [4.78, 5) is 16.4. The Labute approximate surface area is 157 Å². The molecule has 0 bridgehead atoms. The van der Waals surface area contributed by atoms with Gasteiger partial charge in [0.2, 0.25) is 0 Å². The van der Waals surface area contributed by atoms with Gasteiger partial charge in [-0.1, -0.05) is 18.2 Å². The van der Waals surface area contributed by atoms with Crippen molar-refractivity contribution in [2.75, 3.05) is 38.2 Å². The van der Waals surface area contributed by atoms with Crippen molar-refractivity contribution >= 4 is 11.7 Å². The molecule has 1 N–H and O–H groups in total. The first-order chi connectivity index (χ1) is 13.0. The van der Waals surface area contributed by atoms with Crippen LogP contribution in [-0.2, 0) is 0 Å². The van der Waals surface area contributed by atoms with Crippen LogP contribution in [0.5, 0.6) is 5.75 Å². The van der Waals surface area contributed by atoms with E-state index in [1.54, 1.807) is 18.9 Å². The molecule has 0 saturated carbocycles. The van der Waals surface area contributed by atoms with Crippen molar-refractivity contribution in [1.29, 1.82) is 0 Å². The molecule has 2 amide bonds. The van der Waals surface area contributed by atoms with Crippen molar-refractivity contribution in [3.05, 3.63) is 59.7 Å². The molecule has 1 aliphatic heterocycles. The zero-order valence-corrected chi connectivity index (χ0v) is 15.4. The fraction of sp³-hybridized carbons (Fsp3) is 0.350. The van der Waals surface area contributed by atoms with Crippen molar-refractivity contribution in [3.8, 4) is 5.75 Å². The molecule has 0 aliphatic carbocycles. The fourth-order valence-corrected chi connectivity index (χ4v) is 3.18. The third-order valence-electron chi connectivity index (χ3n) is 4.78. The second kappa shape index (κ2) is 8.24. The number of piperazine rings is 1. The largest absolute Gasteiger partial charge is 0.495 e. The first kappa shape index (κ1) is 18.9. The Kier molecular flexibility index (Phi) is 5.78. The minimum Gasteiger partial charge on any atom is -0.495 e. The van der Waals surface area contributed by atoms with Crippen LogP contribution in [0.1, 0.15) is 18.5 Å². The highest BCUT2D eigenvalue weighted by Crippen LogP contribution is 2.28. The lowest BCUT2D eigenvalue weighted by atomic mass is 10.1. The van der Waals surface area contributed by atoms with E-state index in [9.17, 15) is 13.6 Å². The highest BCUT2D eigenvalue weighted by molar-refractivity contribution is 5.75. The molecule has 0 aromatic heterocycles. The third kappa shape index (κ3) is 4.30. The summed E-state index contributed by atoms with van der Waals surface area (Å²) in [7, 11) is 1.64. The van der Waals surface area contributed by atoms with Crippen LogP contribution >= 0.6 is 0 Å². The molecule has 2 aromatic carbocycles. The summed E-state index contributed by atoms with van der Waals surface area (Å²) in [6, 6.07) is 10.8. The SMILES string of the molecule is COc1ccccc1N1CCN(C(=O)NC(C)c2ccc(F)c(F)c2)CC1. The van der Waals surface area contributed by atoms with Crippen molar-refractivity contribution in [1.82, 2.24) is 10.2 Å². The summed E-state index contributed by atoms with van der Waals surface area (Å²) in [6.45, 7) is 4.25. The van der Waals surface area contributed by atoms with Gasteiger partial charge in [0.1, 0.15) is 5.75 Å². The maximum atomic E-state index is 13.4. The molecule has 1 atom stereocenters. The standard InChI is InChI=1S/C20H23F2N3O2/c1-14(15-7-8-16(21)17(22)13-15)23-20(26)25-11-9-24(10-12-25)18-5-3-4-6-19(18)27-2/h3-8,13-14H,9-12H2,1-2H3,(H,23,26). The molecule has 0 spiro atoms. The molecule has 144 valence electrons. The predicted molar refractivity (Wildman–Crippen MR) is 100 cm³/mol. The molecular formula is C20H23F2N3O2. The summed E-state index contributed by atoms with van der Waals surface area (Å²) in [5.41, 5.74) is 1.53. The smallest absolute Gasteiger partial charge is 0.317 e. The zero-order chi connectivity index (χ0) is 19.4. The summed E-state index contributed by atoms with van der Waals surface area (Å²) in [6.07, 6.45) is 0. The minimum atomic E-state index is -0.918. The molecule has 1 saturated heterocycles. The van der Waals surface area contributed by atoms with Crippen molar-refractivity contribution in [2.24, 2.45) is 0 Å². The number of ether oxygens (including phenoxy) is 1. The Balaban J connectivity index is 1.57. The van der Waals surface area contributed by atoms with Gasteiger partial charge in [-0.15, -0.1) is 0 Å². The van der Waals surface area contributed by atoms with Crippen LogP contribution in [-0.4, -0.2) is 44.2 Å². The van der Waals surface area contributed by atoms with E-state index in [-0.39, 0.29) is 6.03 Å². The molecule has 3 rings (SSSR count). The van der Waals surface area contributed by atoms with E-state index in [4.69, 9.17) is 4.74 Å². The van der Waals surface area contributed by atoms with Crippen molar-refractivity contribution in [3.63, 3.8) is 0 Å². The molecule has 1 aliphatic rings. The monoisotopic (exact) mass is 375 g/mol. The fourth-order valence-electron chi connectivity index (χ4n) is 3.18. The van der Waals surface area contributed by atoms with Gasteiger partial charge in [-0.3, -0.25) is 0 Å². The number of urea groups is 1. The summed E-state index contributed by atoms with van der Waals surface area (Å²) >= 11 is 0. The lowest BCUT2D eigenvalue weighted by Crippen LogP contribution is -2.52. The predicted octanol–water partition coefficient (Wildman–Crippen LogP) is 3.57. The lowest BCUT2D eigenvalue weighted by molar-refractivity contribution is 0.191. The second-order valence-electron chi connectivity index (χ2n) is 6.49. The average molecular weight is 375 g/mol. The van der Waals surface area contributed by atoms with Gasteiger partial charge in [-0.2, -0.15) is 0 Å². The number of rotatable bonds is 4. The number of methoxy groups -OCH3 is 1. The van der Waals surface area contributed by atoms with E-state index >= 15 is 0 Å². The number of anilines is 1. The lowest BCUT2D eigenvalue weighted by Gasteiger charge is -2.37. The van der Waals surface area contributed by atoms with Gasteiger partial charge in [0, 0.05) is 26.2 Å². The van der Waals surface area contributed by atoms with Gasteiger partial charge < -0.3 is 19.9 Å². The molecule has 1 heterocycles. The van der Waals surface area contributed by atoms with Crippen LogP contribution in [0.3, 0.4) is 0 Å². The van der Waals surface area contributed by atoms with Gasteiger partial charge >= 0.3 is 6.03 Å². The Morgan fingerprint density at radius 1 is 1.07 bits per heavy atom. The maximum Gasteiger partial charge on any atom is 0.317 e. The number of para-hydroxylation sites is 2. The van der Waals surface area contributed by atoms with E-state index in [0.29, 0.717) is 31.7 Å². The minimum absolute atomic E-state index is 0.216. The summed E-state index contributed by atoms with van der Waals surface area (Å²) in [5.74, 6) is -1.01. The molecule has 27 heavy (non-hydrogen) atoms. The quantitative estimate of drug-likeness (QED) is 0.889. The molecule has 1 fully saturated rings. The number of amides is 2. The van der Waals surface area contributed by atoms with Crippen LogP contribution in [0.25, 0.3) is 0 Å². The Bertz CT molecular complexity index is 808. The number of carbonyl (C=O) groups is 1. The molecule has 2 aromatic rings. The molecule has 1 unspecified atom stereocenters. The van der Waals surface area contributed by atoms with E-state index < -0.39 is 17.7 Å². The number of carbonyl (C=O) groups excluding carboxylic acids is 1. The number of benzene rings is 2. The van der Waals surface area contributed by atoms with Crippen LogP contribution in [0, 0.1) is 11.6 Å². The number of nitrogens with one attached hydrogen (secondary N) is 1. The molecular weight excluding hydrogens is 352 g/mol. The normalized spacial score (nSPS) is 15.4. The second-order valence-corrected chi connectivity index (χ2v) is 6.49. The van der Waals surface area contributed by atoms with Crippen LogP contribution < -0.4 is 15.0 Å². The first-order valence-electron chi connectivity index (χ1n) is 8.88. The van der Waals surface area contributed by atoms with Gasteiger partial charge in [0.25, 0.3) is 0 Å². The van der Waals surface area contributed by atoms with Gasteiger partial charge in [0.05, 0.1) is 18.8 Å². The van der Waals surface area contributed by atoms with E-state index in [2.05, 4.69) is 10.2 Å². The number of halogens is 2. The van der Waals surface area contributed by atoms with Crippen LogP contribution in [0.4, 0.5) is 19.3 Å². The maximum absolute atomic E-state index is 13.4. The van der Waals surface area contributed by atoms with Gasteiger partial charge in [-0.05, 0) is 36.8 Å². The van der Waals surface area contributed by atoms with E-state index in [1.165, 1.54) is 6.07 Å². The third-order valence-corrected chi connectivity index (χ3v) is 4.78. The number of hydrogen-bond acceptors (Lipinski definition) is 3. The van der Waals surface area contributed by atoms with E-state index in [0.717, 1.165) is 23.6 Å². The van der Waals surface area contributed by atoms with Gasteiger partial charge in [0.15, 0.2) is 11.6 Å². The van der Waals surface area contributed by atoms with Crippen LogP contribution in [0.2, 0.25) is 0 Å². The molecule has 7 heteroatoms. The highest BCUT2D eigenvalue weighted by atomic mass is 19.2. The number of hydrogen-bond donors (Lipinski definition) is 1. The van der Waals surface area contributed by atoms with Crippen molar-refractivity contribution in [2.45, 2.75) is 13.0 Å². The first-order valence-corrected chi connectivity index (χ1v) is 8.88. The Morgan fingerprint density at radius 3 is 2.44 bits per heavy atom. The highest BCUT2D eigenvalue weighted by Gasteiger charge is 2.24. The topological polar surface area (TPSA) is 44.8 Å². The summed E-state index contributed by atoms with van der Waals surface area (Å²) < 4.78 is 31.8. The van der Waals surface area contributed by atoms with Crippen molar-refractivity contribution < 1.29 is 18.3 Å². The average Bonchev–Trinajstić information content (AvgIpc) is 2.70. The molecule has 5 nitrogen and oxygen atoms in total. The zero-order valence-electron chi connectivity index (χ0n) is 15.4. The Hall–Kier alpha value is -2.83. The number of nitrogens with zero attached hydrogens (tertiary/aromatic N) is 2.